The summed E-state index contributed by atoms with van der Waals surface area (Å²) in [5.41, 5.74) is 7.16. The molecule has 1 aliphatic heterocycles. The van der Waals surface area contributed by atoms with Gasteiger partial charge in [0, 0.05) is 17.3 Å². The summed E-state index contributed by atoms with van der Waals surface area (Å²) in [7, 11) is 0. The van der Waals surface area contributed by atoms with Crippen LogP contribution in [0.3, 0.4) is 0 Å². The highest BCUT2D eigenvalue weighted by atomic mass is 35.5. The van der Waals surface area contributed by atoms with Crippen LogP contribution in [-0.4, -0.2) is 29.2 Å². The monoisotopic (exact) mass is 464 g/mol. The summed E-state index contributed by atoms with van der Waals surface area (Å²) in [5.74, 6) is 1.44. The molecule has 0 atom stereocenters. The minimum atomic E-state index is 0.459. The fourth-order valence-corrected chi connectivity index (χ4v) is 3.65. The zero-order valence-electron chi connectivity index (χ0n) is 16.8. The van der Waals surface area contributed by atoms with E-state index in [2.05, 4.69) is 10.5 Å². The van der Waals surface area contributed by atoms with Gasteiger partial charge in [0.1, 0.15) is 18.9 Å². The van der Waals surface area contributed by atoms with Gasteiger partial charge in [-0.15, -0.1) is 0 Å². The summed E-state index contributed by atoms with van der Waals surface area (Å²) in [6, 6.07) is 21.0. The molecular weight excluding hydrogens is 447 g/mol. The quantitative estimate of drug-likeness (QED) is 0.287. The average Bonchev–Trinajstić information content (AvgIpc) is 3.26. The molecule has 0 saturated carbocycles. The maximum absolute atomic E-state index is 6.08. The van der Waals surface area contributed by atoms with Crippen LogP contribution in [0, 0.1) is 0 Å². The van der Waals surface area contributed by atoms with Crippen LogP contribution in [0.2, 0.25) is 10.0 Å². The fraction of sp³-hybridized carbons (Fsp3) is 0.0833. The third kappa shape index (κ3) is 4.28. The number of nitrogens with one attached hydrogen (secondary N) is 1. The van der Waals surface area contributed by atoms with Crippen molar-refractivity contribution in [1.29, 1.82) is 0 Å². The van der Waals surface area contributed by atoms with Gasteiger partial charge in [0.25, 0.3) is 0 Å². The molecule has 0 aliphatic carbocycles. The van der Waals surface area contributed by atoms with Crippen molar-refractivity contribution in [2.75, 3.05) is 18.6 Å². The number of hydrogen-bond acceptors (Lipinski definition) is 5. The summed E-state index contributed by atoms with van der Waals surface area (Å²) >= 11 is 12.1. The van der Waals surface area contributed by atoms with E-state index in [1.54, 1.807) is 24.4 Å². The predicted octanol–water partition coefficient (Wildman–Crippen LogP) is 6.06. The largest absolute Gasteiger partial charge is 0.486 e. The lowest BCUT2D eigenvalue weighted by atomic mass is 10.1. The smallest absolute Gasteiger partial charge is 0.162 e. The highest BCUT2D eigenvalue weighted by Crippen LogP contribution is 2.35. The van der Waals surface area contributed by atoms with Crippen molar-refractivity contribution < 1.29 is 9.47 Å². The number of para-hydroxylation sites is 1. The van der Waals surface area contributed by atoms with E-state index in [9.17, 15) is 0 Å². The Morgan fingerprint density at radius 2 is 1.72 bits per heavy atom. The fourth-order valence-electron chi connectivity index (χ4n) is 3.35. The van der Waals surface area contributed by atoms with E-state index in [1.807, 2.05) is 59.4 Å². The second-order valence-electron chi connectivity index (χ2n) is 7.07. The Morgan fingerprint density at radius 1 is 0.906 bits per heavy atom. The number of aromatic nitrogens is 2. The Hall–Kier alpha value is -3.48. The van der Waals surface area contributed by atoms with Crippen LogP contribution in [0.5, 0.6) is 11.5 Å². The number of halogens is 2. The SMILES string of the molecule is Clc1ccc(NN=Cc2cn(-c3ccccc3)nc2-c2ccc3c(c2)OCCO3)cc1Cl. The Kier molecular flexibility index (Phi) is 5.71. The molecule has 6 nitrogen and oxygen atoms in total. The first kappa shape index (κ1) is 20.4. The first-order valence-electron chi connectivity index (χ1n) is 9.96. The molecule has 2 heterocycles. The maximum Gasteiger partial charge on any atom is 0.162 e. The summed E-state index contributed by atoms with van der Waals surface area (Å²) in [4.78, 5) is 0. The first-order valence-corrected chi connectivity index (χ1v) is 10.7. The van der Waals surface area contributed by atoms with E-state index in [-0.39, 0.29) is 0 Å². The number of fused-ring (bicyclic) bond motifs is 1. The molecule has 4 aromatic rings. The molecule has 0 unspecified atom stereocenters. The Balaban J connectivity index is 1.50. The number of rotatable bonds is 5. The van der Waals surface area contributed by atoms with Gasteiger partial charge < -0.3 is 9.47 Å². The molecule has 5 rings (SSSR count). The summed E-state index contributed by atoms with van der Waals surface area (Å²) in [6.07, 6.45) is 3.66. The van der Waals surface area contributed by atoms with Crippen molar-refractivity contribution in [3.05, 3.63) is 88.5 Å². The minimum Gasteiger partial charge on any atom is -0.486 e. The molecule has 1 aliphatic rings. The zero-order chi connectivity index (χ0) is 21.9. The third-order valence-corrected chi connectivity index (χ3v) is 5.63. The van der Waals surface area contributed by atoms with E-state index in [0.717, 1.165) is 33.9 Å². The van der Waals surface area contributed by atoms with Gasteiger partial charge in [-0.1, -0.05) is 41.4 Å². The number of anilines is 1. The second kappa shape index (κ2) is 8.94. The van der Waals surface area contributed by atoms with Crippen LogP contribution < -0.4 is 14.9 Å². The normalized spacial score (nSPS) is 12.8. The molecule has 0 spiro atoms. The number of nitrogens with zero attached hydrogens (tertiary/aromatic N) is 3. The summed E-state index contributed by atoms with van der Waals surface area (Å²) in [5, 5.41) is 10.1. The number of benzene rings is 3. The van der Waals surface area contributed by atoms with Crippen LogP contribution in [0.25, 0.3) is 16.9 Å². The van der Waals surface area contributed by atoms with Crippen LogP contribution in [-0.2, 0) is 0 Å². The molecule has 160 valence electrons. The van der Waals surface area contributed by atoms with Crippen molar-refractivity contribution in [2.24, 2.45) is 5.10 Å². The van der Waals surface area contributed by atoms with E-state index in [1.165, 1.54) is 0 Å². The third-order valence-electron chi connectivity index (χ3n) is 4.90. The molecule has 32 heavy (non-hydrogen) atoms. The van der Waals surface area contributed by atoms with Gasteiger partial charge in [0.2, 0.25) is 0 Å². The van der Waals surface area contributed by atoms with E-state index < -0.39 is 0 Å². The van der Waals surface area contributed by atoms with Gasteiger partial charge in [-0.2, -0.15) is 10.2 Å². The standard InChI is InChI=1S/C24H18Cl2N4O2/c25-20-8-7-18(13-21(20)26)28-27-14-17-15-30(19-4-2-1-3-5-19)29-24(17)16-6-9-22-23(12-16)32-11-10-31-22/h1-9,12-15,28H,10-11H2. The molecule has 0 saturated heterocycles. The van der Waals surface area contributed by atoms with E-state index in [0.29, 0.717) is 29.0 Å². The lowest BCUT2D eigenvalue weighted by Gasteiger charge is -2.18. The lowest BCUT2D eigenvalue weighted by Crippen LogP contribution is -2.15. The Labute approximate surface area is 195 Å². The molecule has 1 N–H and O–H groups in total. The van der Waals surface area contributed by atoms with Crippen LogP contribution >= 0.6 is 23.2 Å². The highest BCUT2D eigenvalue weighted by Gasteiger charge is 2.16. The summed E-state index contributed by atoms with van der Waals surface area (Å²) < 4.78 is 13.2. The van der Waals surface area contributed by atoms with E-state index in [4.69, 9.17) is 37.8 Å². The van der Waals surface area contributed by atoms with Crippen molar-refractivity contribution in [2.45, 2.75) is 0 Å². The van der Waals surface area contributed by atoms with Gasteiger partial charge >= 0.3 is 0 Å². The van der Waals surface area contributed by atoms with Gasteiger partial charge in [-0.05, 0) is 48.5 Å². The molecule has 1 aromatic heterocycles. The predicted molar refractivity (Wildman–Crippen MR) is 128 cm³/mol. The molecule has 0 fully saturated rings. The topological polar surface area (TPSA) is 60.7 Å². The molecule has 0 radical (unpaired) electrons. The van der Waals surface area contributed by atoms with Gasteiger partial charge in [-0.3, -0.25) is 5.43 Å². The number of hydrazone groups is 1. The van der Waals surface area contributed by atoms with Gasteiger partial charge in [0.15, 0.2) is 11.5 Å². The Bertz CT molecular complexity index is 1290. The maximum atomic E-state index is 6.08. The van der Waals surface area contributed by atoms with E-state index >= 15 is 0 Å². The van der Waals surface area contributed by atoms with Crippen molar-refractivity contribution in [3.8, 4) is 28.4 Å². The molecular formula is C24H18Cl2N4O2. The molecule has 8 heteroatoms. The van der Waals surface area contributed by atoms with Gasteiger partial charge in [0.05, 0.1) is 27.6 Å². The molecule has 3 aromatic carbocycles. The van der Waals surface area contributed by atoms with Crippen LogP contribution in [0.1, 0.15) is 5.56 Å². The van der Waals surface area contributed by atoms with Gasteiger partial charge in [-0.25, -0.2) is 4.68 Å². The van der Waals surface area contributed by atoms with Crippen molar-refractivity contribution in [1.82, 2.24) is 9.78 Å². The summed E-state index contributed by atoms with van der Waals surface area (Å²) in [6.45, 7) is 1.07. The molecule has 0 bridgehead atoms. The average molecular weight is 465 g/mol. The number of hydrogen-bond donors (Lipinski definition) is 1. The lowest BCUT2D eigenvalue weighted by molar-refractivity contribution is 0.171. The zero-order valence-corrected chi connectivity index (χ0v) is 18.3. The second-order valence-corrected chi connectivity index (χ2v) is 7.88. The first-order chi connectivity index (χ1) is 15.7. The van der Waals surface area contributed by atoms with Crippen molar-refractivity contribution >= 4 is 35.1 Å². The van der Waals surface area contributed by atoms with Crippen LogP contribution in [0.15, 0.2) is 78.0 Å². The van der Waals surface area contributed by atoms with Crippen molar-refractivity contribution in [3.63, 3.8) is 0 Å². The minimum absolute atomic E-state index is 0.459. The number of ether oxygens (including phenoxy) is 2. The molecule has 0 amide bonds. The Morgan fingerprint density at radius 3 is 2.53 bits per heavy atom. The highest BCUT2D eigenvalue weighted by molar-refractivity contribution is 6.42. The van der Waals surface area contributed by atoms with Crippen LogP contribution in [0.4, 0.5) is 5.69 Å².